The summed E-state index contributed by atoms with van der Waals surface area (Å²) < 4.78 is 29.3. The van der Waals surface area contributed by atoms with E-state index in [4.69, 9.17) is 14.0 Å². The molecule has 0 aliphatic carbocycles. The van der Waals surface area contributed by atoms with Crippen molar-refractivity contribution in [1.29, 1.82) is 0 Å². The Morgan fingerprint density at radius 3 is 2.96 bits per heavy atom. The number of aromatic nitrogens is 3. The average molecular weight is 349 g/mol. The van der Waals surface area contributed by atoms with Crippen LogP contribution in [0.3, 0.4) is 0 Å². The molecule has 0 N–H and O–H groups in total. The maximum absolute atomic E-state index is 13.5. The number of rotatable bonds is 6. The van der Waals surface area contributed by atoms with Gasteiger partial charge in [-0.3, -0.25) is 0 Å². The third-order valence-electron chi connectivity index (χ3n) is 3.33. The Bertz CT molecular complexity index is 834. The highest BCUT2D eigenvalue weighted by Gasteiger charge is 2.17. The van der Waals surface area contributed by atoms with Crippen molar-refractivity contribution in [3.63, 3.8) is 0 Å². The number of hydrogen-bond donors (Lipinski definition) is 0. The van der Waals surface area contributed by atoms with Crippen LogP contribution in [0.4, 0.5) is 4.39 Å². The van der Waals surface area contributed by atoms with Crippen molar-refractivity contribution in [2.45, 2.75) is 20.0 Å². The zero-order valence-electron chi connectivity index (χ0n) is 13.4. The van der Waals surface area contributed by atoms with Gasteiger partial charge in [-0.2, -0.15) is 4.98 Å². The Morgan fingerprint density at radius 2 is 2.21 bits per heavy atom. The molecule has 2 aromatic heterocycles. The van der Waals surface area contributed by atoms with Gasteiger partial charge in [-0.25, -0.2) is 9.37 Å². The highest BCUT2D eigenvalue weighted by atomic mass is 32.1. The van der Waals surface area contributed by atoms with Gasteiger partial charge in [0.1, 0.15) is 16.0 Å². The van der Waals surface area contributed by atoms with E-state index in [-0.39, 0.29) is 11.9 Å². The summed E-state index contributed by atoms with van der Waals surface area (Å²) >= 11 is 1.44. The molecular formula is C16H16FN3O3S. The van der Waals surface area contributed by atoms with Crippen LogP contribution in [0.15, 0.2) is 28.9 Å². The van der Waals surface area contributed by atoms with Gasteiger partial charge in [-0.05, 0) is 32.0 Å². The molecule has 2 heterocycles. The van der Waals surface area contributed by atoms with E-state index < -0.39 is 5.82 Å². The Labute approximate surface area is 142 Å². The molecule has 126 valence electrons. The van der Waals surface area contributed by atoms with Crippen LogP contribution in [-0.4, -0.2) is 28.8 Å². The predicted molar refractivity (Wildman–Crippen MR) is 87.4 cm³/mol. The molecule has 0 spiro atoms. The molecule has 8 heteroatoms. The summed E-state index contributed by atoms with van der Waals surface area (Å²) in [7, 11) is 1.40. The van der Waals surface area contributed by atoms with Crippen molar-refractivity contribution in [2.75, 3.05) is 13.7 Å². The Kier molecular flexibility index (Phi) is 4.86. The number of hydrogen-bond acceptors (Lipinski definition) is 7. The lowest BCUT2D eigenvalue weighted by Gasteiger charge is -2.06. The van der Waals surface area contributed by atoms with Gasteiger partial charge in [0.2, 0.25) is 5.82 Å². The molecule has 0 saturated carbocycles. The molecule has 0 saturated heterocycles. The molecule has 3 aromatic rings. The van der Waals surface area contributed by atoms with Gasteiger partial charge in [0.25, 0.3) is 5.89 Å². The van der Waals surface area contributed by atoms with E-state index in [0.29, 0.717) is 23.9 Å². The molecule has 0 aliphatic heterocycles. The van der Waals surface area contributed by atoms with Crippen LogP contribution in [0.1, 0.15) is 25.0 Å². The number of thiazole rings is 1. The van der Waals surface area contributed by atoms with E-state index >= 15 is 0 Å². The number of nitrogens with zero attached hydrogens (tertiary/aromatic N) is 3. The van der Waals surface area contributed by atoms with Crippen molar-refractivity contribution in [3.8, 4) is 27.9 Å². The standard InChI is InChI=1S/C16H16FN3O3S/c1-4-22-9(2)16-18-8-13(24-16)15-19-14(20-23-15)10-5-6-11(17)12(7-10)21-3/h5-9H,4H2,1-3H3/t9-/m0/s1. The van der Waals surface area contributed by atoms with E-state index in [0.717, 1.165) is 9.88 Å². The van der Waals surface area contributed by atoms with Crippen LogP contribution in [0.25, 0.3) is 22.2 Å². The molecule has 0 aliphatic rings. The van der Waals surface area contributed by atoms with Crippen molar-refractivity contribution in [3.05, 3.63) is 35.2 Å². The van der Waals surface area contributed by atoms with Crippen LogP contribution < -0.4 is 4.74 Å². The smallest absolute Gasteiger partial charge is 0.269 e. The predicted octanol–water partition coefficient (Wildman–Crippen LogP) is 4.11. The summed E-state index contributed by atoms with van der Waals surface area (Å²) in [6.07, 6.45) is 1.59. The summed E-state index contributed by atoms with van der Waals surface area (Å²) in [5, 5.41) is 4.78. The first-order valence-electron chi connectivity index (χ1n) is 7.37. The minimum atomic E-state index is -0.443. The van der Waals surface area contributed by atoms with Gasteiger partial charge < -0.3 is 14.0 Å². The molecule has 0 amide bonds. The lowest BCUT2D eigenvalue weighted by atomic mass is 10.2. The minimum absolute atomic E-state index is 0.0856. The highest BCUT2D eigenvalue weighted by Crippen LogP contribution is 2.31. The number of ether oxygens (including phenoxy) is 2. The lowest BCUT2D eigenvalue weighted by molar-refractivity contribution is 0.0762. The molecule has 24 heavy (non-hydrogen) atoms. The molecule has 0 fully saturated rings. The maximum atomic E-state index is 13.5. The van der Waals surface area contributed by atoms with Crippen LogP contribution in [-0.2, 0) is 4.74 Å². The Balaban J connectivity index is 1.86. The largest absolute Gasteiger partial charge is 0.494 e. The third kappa shape index (κ3) is 3.29. The molecule has 6 nitrogen and oxygen atoms in total. The molecule has 1 aromatic carbocycles. The molecule has 0 radical (unpaired) electrons. The first kappa shape index (κ1) is 16.5. The zero-order chi connectivity index (χ0) is 17.1. The molecule has 3 rings (SSSR count). The SMILES string of the molecule is CCO[C@@H](C)c1ncc(-c2nc(-c3ccc(F)c(OC)c3)no2)s1. The second-order valence-corrected chi connectivity index (χ2v) is 6.00. The second-order valence-electron chi connectivity index (χ2n) is 4.93. The van der Waals surface area contributed by atoms with Crippen molar-refractivity contribution in [2.24, 2.45) is 0 Å². The number of benzene rings is 1. The highest BCUT2D eigenvalue weighted by molar-refractivity contribution is 7.15. The molecule has 0 bridgehead atoms. The van der Waals surface area contributed by atoms with Crippen LogP contribution in [0.2, 0.25) is 0 Å². The van der Waals surface area contributed by atoms with E-state index in [1.807, 2.05) is 13.8 Å². The van der Waals surface area contributed by atoms with Crippen LogP contribution in [0.5, 0.6) is 5.75 Å². The normalized spacial score (nSPS) is 12.3. The molecular weight excluding hydrogens is 333 g/mol. The quantitative estimate of drug-likeness (QED) is 0.667. The second kappa shape index (κ2) is 7.06. The molecule has 1 atom stereocenters. The summed E-state index contributed by atoms with van der Waals surface area (Å²) in [6.45, 7) is 4.50. The Hall–Kier alpha value is -2.32. The first-order valence-corrected chi connectivity index (χ1v) is 8.19. The van der Waals surface area contributed by atoms with Crippen molar-refractivity contribution < 1.29 is 18.4 Å². The Morgan fingerprint density at radius 1 is 1.38 bits per heavy atom. The number of methoxy groups -OCH3 is 1. The van der Waals surface area contributed by atoms with Gasteiger partial charge in [-0.1, -0.05) is 5.16 Å². The summed E-state index contributed by atoms with van der Waals surface area (Å²) in [4.78, 5) is 9.43. The van der Waals surface area contributed by atoms with E-state index in [1.165, 1.54) is 30.6 Å². The van der Waals surface area contributed by atoms with Crippen LogP contribution >= 0.6 is 11.3 Å². The minimum Gasteiger partial charge on any atom is -0.494 e. The van der Waals surface area contributed by atoms with E-state index in [9.17, 15) is 4.39 Å². The first-order chi connectivity index (χ1) is 11.6. The van der Waals surface area contributed by atoms with Gasteiger partial charge in [0.15, 0.2) is 11.6 Å². The topological polar surface area (TPSA) is 70.3 Å². The van der Waals surface area contributed by atoms with E-state index in [2.05, 4.69) is 15.1 Å². The molecule has 0 unspecified atom stereocenters. The zero-order valence-corrected chi connectivity index (χ0v) is 14.3. The van der Waals surface area contributed by atoms with E-state index in [1.54, 1.807) is 12.3 Å². The summed E-state index contributed by atoms with van der Waals surface area (Å²) in [5.74, 6) is 0.406. The van der Waals surface area contributed by atoms with Gasteiger partial charge in [-0.15, -0.1) is 11.3 Å². The maximum Gasteiger partial charge on any atom is 0.269 e. The van der Waals surface area contributed by atoms with Gasteiger partial charge in [0, 0.05) is 12.2 Å². The van der Waals surface area contributed by atoms with Crippen molar-refractivity contribution in [1.82, 2.24) is 15.1 Å². The lowest BCUT2D eigenvalue weighted by Crippen LogP contribution is -1.97. The monoisotopic (exact) mass is 349 g/mol. The fourth-order valence-electron chi connectivity index (χ4n) is 2.14. The summed E-state index contributed by atoms with van der Waals surface area (Å²) in [5.41, 5.74) is 0.607. The van der Waals surface area contributed by atoms with Crippen molar-refractivity contribution >= 4 is 11.3 Å². The van der Waals surface area contributed by atoms with Gasteiger partial charge >= 0.3 is 0 Å². The summed E-state index contributed by atoms with van der Waals surface area (Å²) in [6, 6.07) is 4.40. The fourth-order valence-corrected chi connectivity index (χ4v) is 2.98. The number of halogens is 1. The van der Waals surface area contributed by atoms with Crippen LogP contribution in [0, 0.1) is 5.82 Å². The fraction of sp³-hybridized carbons (Fsp3) is 0.312. The average Bonchev–Trinajstić information content (AvgIpc) is 3.25. The third-order valence-corrected chi connectivity index (χ3v) is 4.48. The van der Waals surface area contributed by atoms with Gasteiger partial charge in [0.05, 0.1) is 13.3 Å².